The summed E-state index contributed by atoms with van der Waals surface area (Å²) in [7, 11) is 0. The average molecular weight is 239 g/mol. The maximum atomic E-state index is 10.00. The van der Waals surface area contributed by atoms with Gasteiger partial charge in [-0.25, -0.2) is 0 Å². The summed E-state index contributed by atoms with van der Waals surface area (Å²) in [5.74, 6) is -0.424. The van der Waals surface area contributed by atoms with E-state index >= 15 is 0 Å². The van der Waals surface area contributed by atoms with Crippen LogP contribution in [0.25, 0.3) is 0 Å². The number of nitrogens with two attached hydrogens (primary N) is 1. The van der Waals surface area contributed by atoms with Crippen LogP contribution in [-0.4, -0.2) is 21.4 Å². The number of hydrogen-bond acceptors (Lipinski definition) is 4. The van der Waals surface area contributed by atoms with E-state index in [1.54, 1.807) is 6.07 Å². The molecule has 2 atom stereocenters. The molecule has 0 fully saturated rings. The first-order valence-corrected chi connectivity index (χ1v) is 5.67. The highest BCUT2D eigenvalue weighted by atomic mass is 16.3. The standard InChI is InChI=1S/C13H21NO3/c1-13(2,3)12(14)7-10(16)8-4-5-9(15)11(17)6-8/h4-6,10,12,15-17H,7,14H2,1-3H3/t10-,12+/m1/s1. The molecule has 0 saturated carbocycles. The molecular formula is C13H21NO3. The lowest BCUT2D eigenvalue weighted by Crippen LogP contribution is -2.36. The molecule has 0 aliphatic heterocycles. The highest BCUT2D eigenvalue weighted by Crippen LogP contribution is 2.31. The van der Waals surface area contributed by atoms with Gasteiger partial charge in [0.25, 0.3) is 0 Å². The van der Waals surface area contributed by atoms with Crippen LogP contribution in [0.5, 0.6) is 11.5 Å². The van der Waals surface area contributed by atoms with Crippen molar-refractivity contribution in [2.45, 2.75) is 39.3 Å². The van der Waals surface area contributed by atoms with Crippen molar-refractivity contribution in [3.05, 3.63) is 23.8 Å². The molecule has 0 aliphatic carbocycles. The Hall–Kier alpha value is -1.26. The Morgan fingerprint density at radius 1 is 1.18 bits per heavy atom. The zero-order valence-electron chi connectivity index (χ0n) is 10.5. The summed E-state index contributed by atoms with van der Waals surface area (Å²) < 4.78 is 0. The van der Waals surface area contributed by atoms with Crippen molar-refractivity contribution in [2.75, 3.05) is 0 Å². The third-order valence-corrected chi connectivity index (χ3v) is 2.97. The molecule has 1 aromatic rings. The number of aliphatic hydroxyl groups is 1. The van der Waals surface area contributed by atoms with Gasteiger partial charge in [-0.1, -0.05) is 26.8 Å². The quantitative estimate of drug-likeness (QED) is 0.607. The first-order chi connectivity index (χ1) is 7.71. The van der Waals surface area contributed by atoms with Crippen LogP contribution in [0.3, 0.4) is 0 Å². The Kier molecular flexibility index (Phi) is 4.01. The molecule has 0 unspecified atom stereocenters. The topological polar surface area (TPSA) is 86.7 Å². The summed E-state index contributed by atoms with van der Waals surface area (Å²) in [5, 5.41) is 28.5. The molecule has 0 aliphatic rings. The Labute approximate surface area is 102 Å². The van der Waals surface area contributed by atoms with Gasteiger partial charge < -0.3 is 21.1 Å². The summed E-state index contributed by atoms with van der Waals surface area (Å²) in [4.78, 5) is 0. The van der Waals surface area contributed by atoms with Gasteiger partial charge in [-0.05, 0) is 29.5 Å². The van der Waals surface area contributed by atoms with E-state index in [2.05, 4.69) is 0 Å². The van der Waals surface area contributed by atoms with Crippen LogP contribution in [0, 0.1) is 5.41 Å². The number of benzene rings is 1. The second-order valence-corrected chi connectivity index (χ2v) is 5.47. The summed E-state index contributed by atoms with van der Waals surface area (Å²) in [5.41, 5.74) is 6.46. The highest BCUT2D eigenvalue weighted by molar-refractivity contribution is 5.41. The molecule has 4 nitrogen and oxygen atoms in total. The highest BCUT2D eigenvalue weighted by Gasteiger charge is 2.24. The van der Waals surface area contributed by atoms with E-state index in [0.29, 0.717) is 12.0 Å². The summed E-state index contributed by atoms with van der Waals surface area (Å²) in [6.45, 7) is 6.04. The zero-order chi connectivity index (χ0) is 13.2. The molecule has 0 amide bonds. The van der Waals surface area contributed by atoms with E-state index in [4.69, 9.17) is 5.73 Å². The van der Waals surface area contributed by atoms with Crippen molar-refractivity contribution < 1.29 is 15.3 Å². The van der Waals surface area contributed by atoms with Crippen LogP contribution in [0.15, 0.2) is 18.2 Å². The smallest absolute Gasteiger partial charge is 0.157 e. The average Bonchev–Trinajstić information content (AvgIpc) is 2.20. The normalized spacial score (nSPS) is 15.6. The fourth-order valence-corrected chi connectivity index (χ4v) is 1.48. The third-order valence-electron chi connectivity index (χ3n) is 2.97. The van der Waals surface area contributed by atoms with Gasteiger partial charge in [0.05, 0.1) is 6.10 Å². The number of rotatable bonds is 3. The largest absolute Gasteiger partial charge is 0.504 e. The van der Waals surface area contributed by atoms with E-state index in [1.165, 1.54) is 12.1 Å². The molecule has 0 saturated heterocycles. The molecule has 96 valence electrons. The predicted octanol–water partition coefficient (Wildman–Crippen LogP) is 1.89. The van der Waals surface area contributed by atoms with Gasteiger partial charge in [-0.15, -0.1) is 0 Å². The Morgan fingerprint density at radius 3 is 2.24 bits per heavy atom. The Bertz CT molecular complexity index is 385. The van der Waals surface area contributed by atoms with Crippen molar-refractivity contribution in [1.29, 1.82) is 0 Å². The maximum absolute atomic E-state index is 10.00. The fraction of sp³-hybridized carbons (Fsp3) is 0.538. The molecule has 1 rings (SSSR count). The minimum absolute atomic E-state index is 0.0834. The van der Waals surface area contributed by atoms with Gasteiger partial charge in [0, 0.05) is 6.04 Å². The molecule has 0 radical (unpaired) electrons. The molecule has 0 spiro atoms. The van der Waals surface area contributed by atoms with Gasteiger partial charge >= 0.3 is 0 Å². The predicted molar refractivity (Wildman–Crippen MR) is 66.8 cm³/mol. The van der Waals surface area contributed by atoms with Crippen LogP contribution in [0.4, 0.5) is 0 Å². The Morgan fingerprint density at radius 2 is 1.76 bits per heavy atom. The summed E-state index contributed by atoms with van der Waals surface area (Å²) in [6.07, 6.45) is -0.330. The van der Waals surface area contributed by atoms with Crippen LogP contribution in [-0.2, 0) is 0 Å². The summed E-state index contributed by atoms with van der Waals surface area (Å²) >= 11 is 0. The molecule has 0 heterocycles. The van der Waals surface area contributed by atoms with Crippen molar-refractivity contribution >= 4 is 0 Å². The van der Waals surface area contributed by atoms with Gasteiger partial charge in [-0.2, -0.15) is 0 Å². The number of aromatic hydroxyl groups is 2. The van der Waals surface area contributed by atoms with E-state index in [9.17, 15) is 15.3 Å². The van der Waals surface area contributed by atoms with Crippen molar-refractivity contribution in [1.82, 2.24) is 0 Å². The van der Waals surface area contributed by atoms with E-state index in [0.717, 1.165) is 0 Å². The second-order valence-electron chi connectivity index (χ2n) is 5.47. The van der Waals surface area contributed by atoms with E-state index < -0.39 is 6.10 Å². The van der Waals surface area contributed by atoms with Crippen LogP contribution in [0.2, 0.25) is 0 Å². The summed E-state index contributed by atoms with van der Waals surface area (Å²) in [6, 6.07) is 4.15. The first-order valence-electron chi connectivity index (χ1n) is 5.67. The molecular weight excluding hydrogens is 218 g/mol. The monoisotopic (exact) mass is 239 g/mol. The molecule has 5 N–H and O–H groups in total. The minimum Gasteiger partial charge on any atom is -0.504 e. The Balaban J connectivity index is 2.76. The number of phenolic OH excluding ortho intramolecular Hbond substituents is 2. The van der Waals surface area contributed by atoms with Crippen LogP contribution in [0.1, 0.15) is 38.9 Å². The van der Waals surface area contributed by atoms with E-state index in [1.807, 2.05) is 20.8 Å². The second kappa shape index (κ2) is 4.94. The molecule has 0 aromatic heterocycles. The first kappa shape index (κ1) is 13.8. The van der Waals surface area contributed by atoms with Gasteiger partial charge in [0.2, 0.25) is 0 Å². The van der Waals surface area contributed by atoms with Crippen molar-refractivity contribution in [2.24, 2.45) is 11.1 Å². The third kappa shape index (κ3) is 3.61. The lowest BCUT2D eigenvalue weighted by atomic mass is 9.83. The van der Waals surface area contributed by atoms with Crippen LogP contribution < -0.4 is 5.73 Å². The SMILES string of the molecule is CC(C)(C)[C@@H](N)C[C@@H](O)c1ccc(O)c(O)c1. The molecule has 0 bridgehead atoms. The van der Waals surface area contributed by atoms with Gasteiger partial charge in [-0.3, -0.25) is 0 Å². The molecule has 17 heavy (non-hydrogen) atoms. The minimum atomic E-state index is -0.740. The maximum Gasteiger partial charge on any atom is 0.157 e. The molecule has 4 heteroatoms. The van der Waals surface area contributed by atoms with Crippen LogP contribution >= 0.6 is 0 Å². The van der Waals surface area contributed by atoms with Crippen molar-refractivity contribution in [3.8, 4) is 11.5 Å². The zero-order valence-corrected chi connectivity index (χ0v) is 10.5. The van der Waals surface area contributed by atoms with Crippen molar-refractivity contribution in [3.63, 3.8) is 0 Å². The number of phenols is 2. The lowest BCUT2D eigenvalue weighted by Gasteiger charge is -2.29. The lowest BCUT2D eigenvalue weighted by molar-refractivity contribution is 0.133. The molecule has 1 aromatic carbocycles. The fourth-order valence-electron chi connectivity index (χ4n) is 1.48. The number of hydrogen-bond donors (Lipinski definition) is 4. The van der Waals surface area contributed by atoms with Gasteiger partial charge in [0.1, 0.15) is 0 Å². The number of aliphatic hydroxyl groups excluding tert-OH is 1. The van der Waals surface area contributed by atoms with Gasteiger partial charge in [0.15, 0.2) is 11.5 Å². The van der Waals surface area contributed by atoms with E-state index in [-0.39, 0.29) is 23.0 Å².